The third-order valence-electron chi connectivity index (χ3n) is 4.69. The Kier molecular flexibility index (Phi) is 9.36. The van der Waals surface area contributed by atoms with Crippen LogP contribution in [0, 0.1) is 0 Å². The molecule has 3 N–H and O–H groups in total. The number of carbonyl (C=O) groups excluding carboxylic acids is 1. The third kappa shape index (κ3) is 6.56. The zero-order chi connectivity index (χ0) is 18.9. The average Bonchev–Trinajstić information content (AvgIpc) is 2.73. The van der Waals surface area contributed by atoms with Gasteiger partial charge in [0.1, 0.15) is 0 Å². The van der Waals surface area contributed by atoms with Crippen molar-refractivity contribution < 1.29 is 15.0 Å². The Morgan fingerprint density at radius 2 is 2.00 bits per heavy atom. The molecule has 1 saturated heterocycles. The van der Waals surface area contributed by atoms with Crippen LogP contribution < -0.4 is 5.32 Å². The maximum Gasteiger partial charge on any atom is 0.251 e. The highest BCUT2D eigenvalue weighted by molar-refractivity contribution is 7.99. The van der Waals surface area contributed by atoms with Crippen LogP contribution in [0.2, 0.25) is 0 Å². The monoisotopic (exact) mass is 404 g/mol. The number of amides is 1. The summed E-state index contributed by atoms with van der Waals surface area (Å²) in [6, 6.07) is 11.2. The van der Waals surface area contributed by atoms with Gasteiger partial charge >= 0.3 is 0 Å². The fourth-order valence-electron chi connectivity index (χ4n) is 3.24. The third-order valence-corrected chi connectivity index (χ3v) is 5.65. The summed E-state index contributed by atoms with van der Waals surface area (Å²) in [7, 11) is 1.72. The molecule has 7 nitrogen and oxygen atoms in total. The second-order valence-electron chi connectivity index (χ2n) is 6.54. The van der Waals surface area contributed by atoms with Crippen LogP contribution >= 0.6 is 11.8 Å². The van der Waals surface area contributed by atoms with Crippen molar-refractivity contribution in [2.75, 3.05) is 32.5 Å². The Hall–Kier alpha value is -2.00. The lowest BCUT2D eigenvalue weighted by atomic mass is 10.0. The van der Waals surface area contributed by atoms with Crippen LogP contribution in [0.3, 0.4) is 0 Å². The first-order valence-electron chi connectivity index (χ1n) is 9.27. The molecule has 152 valence electrons. The molecular weight excluding hydrogens is 376 g/mol. The van der Waals surface area contributed by atoms with Crippen LogP contribution in [0.15, 0.2) is 53.9 Å². The molecule has 1 aromatic heterocycles. The number of ether oxygens (including phenoxy) is 1. The van der Waals surface area contributed by atoms with Crippen molar-refractivity contribution in [1.29, 1.82) is 0 Å². The quantitative estimate of drug-likeness (QED) is 0.408. The van der Waals surface area contributed by atoms with E-state index in [-0.39, 0.29) is 23.5 Å². The summed E-state index contributed by atoms with van der Waals surface area (Å²) in [5.74, 6) is 0.960. The van der Waals surface area contributed by atoms with Gasteiger partial charge in [-0.2, -0.15) is 0 Å². The molecule has 0 saturated carbocycles. The summed E-state index contributed by atoms with van der Waals surface area (Å²) in [4.78, 5) is 23.3. The van der Waals surface area contributed by atoms with E-state index < -0.39 is 0 Å². The van der Waals surface area contributed by atoms with E-state index in [0.717, 1.165) is 43.4 Å². The highest BCUT2D eigenvalue weighted by Crippen LogP contribution is 2.17. The number of piperidine rings is 1. The van der Waals surface area contributed by atoms with E-state index >= 15 is 0 Å². The summed E-state index contributed by atoms with van der Waals surface area (Å²) < 4.78 is 5.66. The fraction of sp³-hybridized carbons (Fsp3) is 0.450. The number of benzene rings is 1. The highest BCUT2D eigenvalue weighted by atomic mass is 32.2. The number of rotatable bonds is 8. The normalized spacial score (nSPS) is 19.6. The number of methoxy groups -OCH3 is 1. The van der Waals surface area contributed by atoms with Gasteiger partial charge in [0.25, 0.3) is 5.91 Å². The Bertz CT molecular complexity index is 705. The molecule has 2 unspecified atom stereocenters. The molecule has 1 fully saturated rings. The molecule has 0 bridgehead atoms. The molecule has 1 aromatic carbocycles. The van der Waals surface area contributed by atoms with Gasteiger partial charge in [0.05, 0.1) is 12.1 Å². The van der Waals surface area contributed by atoms with E-state index in [2.05, 4.69) is 20.2 Å². The minimum Gasteiger partial charge on any atom is -0.412 e. The van der Waals surface area contributed by atoms with Gasteiger partial charge in [0.15, 0.2) is 5.16 Å². The van der Waals surface area contributed by atoms with Gasteiger partial charge in [-0.15, -0.1) is 0 Å². The molecule has 2 atom stereocenters. The van der Waals surface area contributed by atoms with Crippen molar-refractivity contribution in [3.8, 4) is 0 Å². The number of likely N-dealkylation sites (tertiary alicyclic amines) is 1. The van der Waals surface area contributed by atoms with Crippen LogP contribution in [-0.2, 0) is 4.74 Å². The van der Waals surface area contributed by atoms with E-state index in [4.69, 9.17) is 4.74 Å². The predicted molar refractivity (Wildman–Crippen MR) is 111 cm³/mol. The number of aromatic nitrogens is 2. The maximum atomic E-state index is 12.4. The van der Waals surface area contributed by atoms with Crippen LogP contribution in [0.4, 0.5) is 0 Å². The van der Waals surface area contributed by atoms with Crippen LogP contribution in [-0.4, -0.2) is 70.9 Å². The minimum absolute atomic E-state index is 0. The number of nitrogens with zero attached hydrogens (tertiary/aromatic N) is 3. The van der Waals surface area contributed by atoms with Crippen molar-refractivity contribution in [1.82, 2.24) is 20.2 Å². The number of carbonyl (C=O) groups is 1. The first kappa shape index (κ1) is 22.3. The minimum atomic E-state index is -0.0321. The summed E-state index contributed by atoms with van der Waals surface area (Å²) >= 11 is 1.68. The van der Waals surface area contributed by atoms with Crippen molar-refractivity contribution in [2.45, 2.75) is 30.1 Å². The van der Waals surface area contributed by atoms with E-state index in [1.807, 2.05) is 36.4 Å². The average molecular weight is 405 g/mol. The molecule has 8 heteroatoms. The lowest BCUT2D eigenvalue weighted by molar-refractivity contribution is 0.00658. The van der Waals surface area contributed by atoms with Crippen LogP contribution in [0.25, 0.3) is 0 Å². The number of hydrogen-bond acceptors (Lipinski definition) is 6. The van der Waals surface area contributed by atoms with Crippen molar-refractivity contribution in [3.05, 3.63) is 54.4 Å². The van der Waals surface area contributed by atoms with Crippen molar-refractivity contribution >= 4 is 17.7 Å². The van der Waals surface area contributed by atoms with Gasteiger partial charge in [0.2, 0.25) is 0 Å². The van der Waals surface area contributed by atoms with Gasteiger partial charge in [-0.25, -0.2) is 9.97 Å². The topological polar surface area (TPSA) is 98.8 Å². The maximum absolute atomic E-state index is 12.4. The second kappa shape index (κ2) is 11.8. The van der Waals surface area contributed by atoms with Gasteiger partial charge in [-0.05, 0) is 37.6 Å². The summed E-state index contributed by atoms with van der Waals surface area (Å²) in [6.45, 7) is 2.81. The summed E-state index contributed by atoms with van der Waals surface area (Å²) in [6.07, 6.45) is 5.52. The first-order valence-corrected chi connectivity index (χ1v) is 10.3. The smallest absolute Gasteiger partial charge is 0.251 e. The van der Waals surface area contributed by atoms with E-state index in [0.29, 0.717) is 5.56 Å². The Morgan fingerprint density at radius 3 is 2.71 bits per heavy atom. The predicted octanol–water partition coefficient (Wildman–Crippen LogP) is 1.65. The van der Waals surface area contributed by atoms with E-state index in [1.54, 1.807) is 31.3 Å². The molecule has 2 heterocycles. The SMILES string of the molecule is COC1CN(CCCSc2ncccn2)CCC1NC(=O)c1ccccc1.O. The lowest BCUT2D eigenvalue weighted by Gasteiger charge is -2.38. The van der Waals surface area contributed by atoms with Gasteiger partial charge in [0, 0.05) is 43.9 Å². The molecule has 3 rings (SSSR count). The molecular formula is C20H28N4O3S. The molecule has 0 radical (unpaired) electrons. The molecule has 0 aliphatic carbocycles. The van der Waals surface area contributed by atoms with E-state index in [9.17, 15) is 4.79 Å². The summed E-state index contributed by atoms with van der Waals surface area (Å²) in [5.41, 5.74) is 0.690. The number of hydrogen-bond donors (Lipinski definition) is 1. The fourth-order valence-corrected chi connectivity index (χ4v) is 3.97. The molecule has 0 spiro atoms. The Morgan fingerprint density at radius 1 is 1.25 bits per heavy atom. The second-order valence-corrected chi connectivity index (χ2v) is 7.60. The molecule has 1 aliphatic heterocycles. The zero-order valence-electron chi connectivity index (χ0n) is 16.1. The first-order chi connectivity index (χ1) is 13.3. The lowest BCUT2D eigenvalue weighted by Crippen LogP contribution is -2.54. The standard InChI is InChI=1S/C20H26N4O2S.H2O/c1-26-18-15-24(12-6-14-27-20-21-10-5-11-22-20)13-9-17(18)23-19(25)16-7-3-2-4-8-16;/h2-5,7-8,10-11,17-18H,6,9,12-15H2,1H3,(H,23,25);1H2. The van der Waals surface area contributed by atoms with Crippen molar-refractivity contribution in [2.24, 2.45) is 0 Å². The molecule has 1 amide bonds. The number of thioether (sulfide) groups is 1. The van der Waals surface area contributed by atoms with E-state index in [1.165, 1.54) is 0 Å². The largest absolute Gasteiger partial charge is 0.412 e. The number of nitrogens with one attached hydrogen (secondary N) is 1. The molecule has 1 aliphatic rings. The van der Waals surface area contributed by atoms with Crippen molar-refractivity contribution in [3.63, 3.8) is 0 Å². The highest BCUT2D eigenvalue weighted by Gasteiger charge is 2.30. The molecule has 2 aromatic rings. The van der Waals surface area contributed by atoms with Gasteiger partial charge < -0.3 is 20.4 Å². The zero-order valence-corrected chi connectivity index (χ0v) is 16.9. The molecule has 28 heavy (non-hydrogen) atoms. The summed E-state index contributed by atoms with van der Waals surface area (Å²) in [5, 5.41) is 3.96. The van der Waals surface area contributed by atoms with Crippen LogP contribution in [0.5, 0.6) is 0 Å². The van der Waals surface area contributed by atoms with Crippen LogP contribution in [0.1, 0.15) is 23.2 Å². The van der Waals surface area contributed by atoms with Gasteiger partial charge in [-0.3, -0.25) is 4.79 Å². The Balaban J connectivity index is 0.00000280. The Labute approximate surface area is 170 Å². The van der Waals surface area contributed by atoms with Gasteiger partial charge in [-0.1, -0.05) is 30.0 Å².